The monoisotopic (exact) mass is 307 g/mol. The minimum absolute atomic E-state index is 0.0123. The first kappa shape index (κ1) is 15.9. The number of benzene rings is 1. The van der Waals surface area contributed by atoms with E-state index in [4.69, 9.17) is 21.4 Å². The van der Waals surface area contributed by atoms with Gasteiger partial charge in [0.15, 0.2) is 0 Å². The van der Waals surface area contributed by atoms with Crippen LogP contribution in [0.1, 0.15) is 5.56 Å². The number of carboxylic acid groups (broad SMARTS) is 1. The third-order valence-electron chi connectivity index (χ3n) is 2.20. The molecule has 0 radical (unpaired) electrons. The van der Waals surface area contributed by atoms with Gasteiger partial charge in [0.25, 0.3) is 0 Å². The van der Waals surface area contributed by atoms with Gasteiger partial charge in [-0.15, -0.1) is 0 Å². The average Bonchev–Trinajstić information content (AvgIpc) is 2.31. The SMILES string of the molecule is Cc1ccc(Cl)cc1S(=O)(=O)NCCOCC(=O)O. The smallest absolute Gasteiger partial charge is 0.329 e. The summed E-state index contributed by atoms with van der Waals surface area (Å²) in [6.45, 7) is 1.16. The lowest BCUT2D eigenvalue weighted by Crippen LogP contribution is -2.28. The number of ether oxygens (including phenoxy) is 1. The number of aryl methyl sites for hydroxylation is 1. The van der Waals surface area contributed by atoms with E-state index >= 15 is 0 Å². The second-order valence-electron chi connectivity index (χ2n) is 3.75. The summed E-state index contributed by atoms with van der Waals surface area (Å²) in [5, 5.41) is 8.67. The molecule has 0 aliphatic rings. The van der Waals surface area contributed by atoms with Gasteiger partial charge in [0.05, 0.1) is 11.5 Å². The Morgan fingerprint density at radius 1 is 1.47 bits per heavy atom. The number of hydrogen-bond acceptors (Lipinski definition) is 4. The highest BCUT2D eigenvalue weighted by atomic mass is 35.5. The second kappa shape index (κ2) is 6.85. The Labute approximate surface area is 116 Å². The van der Waals surface area contributed by atoms with Gasteiger partial charge >= 0.3 is 5.97 Å². The number of halogens is 1. The Morgan fingerprint density at radius 2 is 2.16 bits per heavy atom. The fourth-order valence-electron chi connectivity index (χ4n) is 1.35. The fraction of sp³-hybridized carbons (Fsp3) is 0.364. The Bertz CT molecular complexity index is 558. The molecule has 19 heavy (non-hydrogen) atoms. The van der Waals surface area contributed by atoms with Crippen LogP contribution in [0.3, 0.4) is 0 Å². The summed E-state index contributed by atoms with van der Waals surface area (Å²) in [4.78, 5) is 10.3. The van der Waals surface area contributed by atoms with Crippen molar-refractivity contribution in [3.05, 3.63) is 28.8 Å². The average molecular weight is 308 g/mol. The highest BCUT2D eigenvalue weighted by Crippen LogP contribution is 2.19. The van der Waals surface area contributed by atoms with Crippen molar-refractivity contribution in [1.29, 1.82) is 0 Å². The fourth-order valence-corrected chi connectivity index (χ4v) is 2.87. The maximum Gasteiger partial charge on any atom is 0.329 e. The first-order valence-electron chi connectivity index (χ1n) is 5.38. The van der Waals surface area contributed by atoms with Crippen molar-refractivity contribution in [3.63, 3.8) is 0 Å². The Hall–Kier alpha value is -1.15. The van der Waals surface area contributed by atoms with Gasteiger partial charge in [0, 0.05) is 11.6 Å². The molecular formula is C11H14ClNO5S. The zero-order valence-corrected chi connectivity index (χ0v) is 11.8. The molecule has 1 aromatic rings. The standard InChI is InChI=1S/C11H14ClNO5S/c1-8-2-3-9(12)6-10(8)19(16,17)13-4-5-18-7-11(14)15/h2-3,6,13H,4-5,7H2,1H3,(H,14,15). The van der Waals surface area contributed by atoms with Crippen LogP contribution in [0.5, 0.6) is 0 Å². The number of sulfonamides is 1. The number of hydrogen-bond donors (Lipinski definition) is 2. The first-order chi connectivity index (χ1) is 8.83. The van der Waals surface area contributed by atoms with E-state index < -0.39 is 22.6 Å². The van der Waals surface area contributed by atoms with Gasteiger partial charge in [-0.05, 0) is 24.6 Å². The van der Waals surface area contributed by atoms with Crippen LogP contribution in [-0.2, 0) is 19.6 Å². The van der Waals surface area contributed by atoms with E-state index in [0.29, 0.717) is 10.6 Å². The van der Waals surface area contributed by atoms with Gasteiger partial charge in [-0.25, -0.2) is 17.9 Å². The van der Waals surface area contributed by atoms with Crippen molar-refractivity contribution in [3.8, 4) is 0 Å². The van der Waals surface area contributed by atoms with Crippen LogP contribution in [0.2, 0.25) is 5.02 Å². The highest BCUT2D eigenvalue weighted by Gasteiger charge is 2.16. The first-order valence-corrected chi connectivity index (χ1v) is 7.24. The molecule has 0 heterocycles. The zero-order valence-electron chi connectivity index (χ0n) is 10.2. The van der Waals surface area contributed by atoms with Crippen LogP contribution in [0, 0.1) is 6.92 Å². The molecule has 8 heteroatoms. The molecule has 0 amide bonds. The molecule has 0 bridgehead atoms. The summed E-state index contributed by atoms with van der Waals surface area (Å²) in [7, 11) is -3.68. The Kier molecular flexibility index (Phi) is 5.74. The molecule has 0 aliphatic carbocycles. The van der Waals surface area contributed by atoms with E-state index in [9.17, 15) is 13.2 Å². The van der Waals surface area contributed by atoms with Crippen LogP contribution in [-0.4, -0.2) is 39.3 Å². The third kappa shape index (κ3) is 5.15. The van der Waals surface area contributed by atoms with E-state index in [0.717, 1.165) is 0 Å². The van der Waals surface area contributed by atoms with Crippen LogP contribution in [0.4, 0.5) is 0 Å². The lowest BCUT2D eigenvalue weighted by Gasteiger charge is -2.09. The van der Waals surface area contributed by atoms with Gasteiger partial charge in [-0.3, -0.25) is 0 Å². The molecular weight excluding hydrogens is 294 g/mol. The quantitative estimate of drug-likeness (QED) is 0.734. The van der Waals surface area contributed by atoms with Crippen molar-refractivity contribution in [1.82, 2.24) is 4.72 Å². The largest absolute Gasteiger partial charge is 0.480 e. The summed E-state index contributed by atoms with van der Waals surface area (Å²) in [6.07, 6.45) is 0. The van der Waals surface area contributed by atoms with Crippen LogP contribution >= 0.6 is 11.6 Å². The number of aliphatic carboxylic acids is 1. The zero-order chi connectivity index (χ0) is 14.5. The molecule has 0 saturated heterocycles. The normalized spacial score (nSPS) is 11.5. The third-order valence-corrected chi connectivity index (χ3v) is 4.04. The summed E-state index contributed by atoms with van der Waals surface area (Å²) >= 11 is 5.76. The second-order valence-corrected chi connectivity index (χ2v) is 5.93. The molecule has 0 fully saturated rings. The lowest BCUT2D eigenvalue weighted by molar-refractivity contribution is -0.142. The molecule has 106 valence electrons. The van der Waals surface area contributed by atoms with Crippen molar-refractivity contribution in [2.75, 3.05) is 19.8 Å². The lowest BCUT2D eigenvalue weighted by atomic mass is 10.2. The molecule has 0 unspecified atom stereocenters. The molecule has 1 aromatic carbocycles. The molecule has 0 aliphatic heterocycles. The van der Waals surface area contributed by atoms with E-state index in [1.807, 2.05) is 0 Å². The van der Waals surface area contributed by atoms with E-state index in [1.54, 1.807) is 19.1 Å². The molecule has 0 spiro atoms. The summed E-state index contributed by atoms with van der Waals surface area (Å²) in [6, 6.07) is 4.57. The maximum atomic E-state index is 12.0. The summed E-state index contributed by atoms with van der Waals surface area (Å²) in [5.41, 5.74) is 0.573. The van der Waals surface area contributed by atoms with Crippen molar-refractivity contribution in [2.45, 2.75) is 11.8 Å². The summed E-state index contributed by atoms with van der Waals surface area (Å²) in [5.74, 6) is -1.10. The Balaban J connectivity index is 2.61. The maximum absolute atomic E-state index is 12.0. The molecule has 0 aromatic heterocycles. The van der Waals surface area contributed by atoms with E-state index in [-0.39, 0.29) is 18.0 Å². The molecule has 2 N–H and O–H groups in total. The summed E-state index contributed by atoms with van der Waals surface area (Å²) < 4.78 is 31.0. The molecule has 6 nitrogen and oxygen atoms in total. The van der Waals surface area contributed by atoms with Crippen LogP contribution in [0.15, 0.2) is 23.1 Å². The molecule has 1 rings (SSSR count). The number of rotatable bonds is 7. The van der Waals surface area contributed by atoms with Crippen molar-refractivity contribution >= 4 is 27.6 Å². The minimum atomic E-state index is -3.68. The van der Waals surface area contributed by atoms with Gasteiger partial charge in [0.2, 0.25) is 10.0 Å². The van der Waals surface area contributed by atoms with Gasteiger partial charge in [-0.2, -0.15) is 0 Å². The van der Waals surface area contributed by atoms with E-state index in [2.05, 4.69) is 4.72 Å². The number of carbonyl (C=O) groups is 1. The number of carboxylic acids is 1. The predicted octanol–water partition coefficient (Wildman–Crippen LogP) is 1.03. The Morgan fingerprint density at radius 3 is 2.79 bits per heavy atom. The highest BCUT2D eigenvalue weighted by molar-refractivity contribution is 7.89. The predicted molar refractivity (Wildman–Crippen MR) is 69.8 cm³/mol. The van der Waals surface area contributed by atoms with Gasteiger partial charge in [0.1, 0.15) is 6.61 Å². The minimum Gasteiger partial charge on any atom is -0.480 e. The van der Waals surface area contributed by atoms with Crippen LogP contribution in [0.25, 0.3) is 0 Å². The van der Waals surface area contributed by atoms with Gasteiger partial charge in [-0.1, -0.05) is 17.7 Å². The topological polar surface area (TPSA) is 92.7 Å². The van der Waals surface area contributed by atoms with Gasteiger partial charge < -0.3 is 9.84 Å². The molecule has 0 atom stereocenters. The van der Waals surface area contributed by atoms with E-state index in [1.165, 1.54) is 6.07 Å². The van der Waals surface area contributed by atoms with Crippen molar-refractivity contribution in [2.24, 2.45) is 0 Å². The number of nitrogens with one attached hydrogen (secondary N) is 1. The van der Waals surface area contributed by atoms with Crippen molar-refractivity contribution < 1.29 is 23.1 Å². The van der Waals surface area contributed by atoms with Crippen LogP contribution < -0.4 is 4.72 Å². The molecule has 0 saturated carbocycles.